The van der Waals surface area contributed by atoms with E-state index < -0.39 is 17.7 Å². The lowest BCUT2D eigenvalue weighted by Crippen LogP contribution is -2.47. The molecule has 1 aromatic carbocycles. The second-order valence-electron chi connectivity index (χ2n) is 6.36. The number of hydrogen-bond acceptors (Lipinski definition) is 5. The van der Waals surface area contributed by atoms with E-state index in [1.54, 1.807) is 29.2 Å². The van der Waals surface area contributed by atoms with Gasteiger partial charge in [0, 0.05) is 44.3 Å². The van der Waals surface area contributed by atoms with E-state index in [9.17, 15) is 14.7 Å². The van der Waals surface area contributed by atoms with Crippen molar-refractivity contribution < 1.29 is 14.7 Å². The zero-order valence-electron chi connectivity index (χ0n) is 14.2. The number of ketones is 1. The number of carbonyl (C=O) groups is 2. The Morgan fingerprint density at radius 2 is 1.88 bits per heavy atom. The first-order valence-corrected chi connectivity index (χ1v) is 8.80. The molecule has 2 N–H and O–H groups in total. The molecule has 0 bridgehead atoms. The van der Waals surface area contributed by atoms with Crippen LogP contribution in [0.3, 0.4) is 0 Å². The molecule has 0 spiro atoms. The van der Waals surface area contributed by atoms with Gasteiger partial charge in [0.05, 0.1) is 11.6 Å². The van der Waals surface area contributed by atoms with Crippen LogP contribution in [0.5, 0.6) is 0 Å². The summed E-state index contributed by atoms with van der Waals surface area (Å²) in [5, 5.41) is 14.1. The molecule has 1 amide bonds. The van der Waals surface area contributed by atoms with Gasteiger partial charge in [-0.25, -0.2) is 0 Å². The summed E-state index contributed by atoms with van der Waals surface area (Å²) in [7, 11) is 0. The molecule has 0 radical (unpaired) electrons. The maximum atomic E-state index is 12.6. The van der Waals surface area contributed by atoms with Crippen LogP contribution in [-0.4, -0.2) is 65.9 Å². The molecule has 0 saturated carbocycles. The molecule has 7 heteroatoms. The molecule has 1 saturated heterocycles. The minimum atomic E-state index is -0.565. The highest BCUT2D eigenvalue weighted by atomic mass is 35.5. The second-order valence-corrected chi connectivity index (χ2v) is 6.80. The van der Waals surface area contributed by atoms with Gasteiger partial charge in [-0.1, -0.05) is 23.7 Å². The maximum Gasteiger partial charge on any atom is 0.290 e. The molecule has 2 aliphatic heterocycles. The van der Waals surface area contributed by atoms with Crippen molar-refractivity contribution in [2.24, 2.45) is 0 Å². The first-order valence-electron chi connectivity index (χ1n) is 8.42. The smallest absolute Gasteiger partial charge is 0.290 e. The molecule has 134 valence electrons. The highest BCUT2D eigenvalue weighted by Gasteiger charge is 2.42. The molecular weight excluding hydrogens is 342 g/mol. The lowest BCUT2D eigenvalue weighted by atomic mass is 9.97. The summed E-state index contributed by atoms with van der Waals surface area (Å²) >= 11 is 5.95. The normalized spacial score (nSPS) is 21.9. The lowest BCUT2D eigenvalue weighted by Gasteiger charge is -2.32. The predicted molar refractivity (Wildman–Crippen MR) is 95.6 cm³/mol. The molecule has 1 aromatic rings. The van der Waals surface area contributed by atoms with Gasteiger partial charge in [0.2, 0.25) is 0 Å². The van der Waals surface area contributed by atoms with Crippen LogP contribution in [0.2, 0.25) is 5.02 Å². The fourth-order valence-corrected chi connectivity index (χ4v) is 3.55. The monoisotopic (exact) mass is 363 g/mol. The Bertz CT molecular complexity index is 696. The van der Waals surface area contributed by atoms with Crippen LogP contribution in [-0.2, 0) is 9.59 Å². The topological polar surface area (TPSA) is 72.9 Å². The first kappa shape index (κ1) is 17.9. The number of aliphatic hydroxyl groups excluding tert-OH is 1. The van der Waals surface area contributed by atoms with Gasteiger partial charge in [-0.3, -0.25) is 14.5 Å². The molecule has 25 heavy (non-hydrogen) atoms. The summed E-state index contributed by atoms with van der Waals surface area (Å²) in [6.07, 6.45) is 0. The van der Waals surface area contributed by atoms with Crippen LogP contribution in [0.25, 0.3) is 0 Å². The molecule has 3 rings (SSSR count). The van der Waals surface area contributed by atoms with Crippen molar-refractivity contribution in [1.82, 2.24) is 15.1 Å². The van der Waals surface area contributed by atoms with E-state index in [2.05, 4.69) is 10.2 Å². The number of nitrogens with zero attached hydrogens (tertiary/aromatic N) is 2. The fourth-order valence-electron chi connectivity index (χ4n) is 3.42. The minimum absolute atomic E-state index is 0.160. The van der Waals surface area contributed by atoms with Gasteiger partial charge in [-0.2, -0.15) is 0 Å². The molecule has 1 fully saturated rings. The Balaban J connectivity index is 1.85. The van der Waals surface area contributed by atoms with Crippen molar-refractivity contribution >= 4 is 23.3 Å². The van der Waals surface area contributed by atoms with Gasteiger partial charge in [0.1, 0.15) is 0 Å². The highest BCUT2D eigenvalue weighted by molar-refractivity contribution is 6.30. The van der Waals surface area contributed by atoms with E-state index in [0.717, 1.165) is 31.7 Å². The van der Waals surface area contributed by atoms with Crippen molar-refractivity contribution in [3.05, 3.63) is 46.2 Å². The standard InChI is InChI=1S/C18H22ClN3O3/c1-12(23)15-16(13-2-4-14(19)5-3-13)22(18(25)17(15)24)11-10-21-8-6-20-7-9-21/h2-5,16,20,24H,6-11H2,1H3/t16-/m1/s1. The number of benzene rings is 1. The van der Waals surface area contributed by atoms with Crippen molar-refractivity contribution in [1.29, 1.82) is 0 Å². The molecular formula is C18H22ClN3O3. The van der Waals surface area contributed by atoms with Crippen LogP contribution in [0, 0.1) is 0 Å². The van der Waals surface area contributed by atoms with E-state index in [1.165, 1.54) is 6.92 Å². The Kier molecular flexibility index (Phi) is 5.42. The van der Waals surface area contributed by atoms with Gasteiger partial charge < -0.3 is 15.3 Å². The van der Waals surface area contributed by atoms with Crippen LogP contribution in [0.1, 0.15) is 18.5 Å². The van der Waals surface area contributed by atoms with Gasteiger partial charge in [-0.15, -0.1) is 0 Å². The largest absolute Gasteiger partial charge is 0.503 e. The average Bonchev–Trinajstić information content (AvgIpc) is 2.86. The van der Waals surface area contributed by atoms with Crippen molar-refractivity contribution in [3.63, 3.8) is 0 Å². The summed E-state index contributed by atoms with van der Waals surface area (Å²) < 4.78 is 0. The molecule has 0 aliphatic carbocycles. The average molecular weight is 364 g/mol. The number of carbonyl (C=O) groups excluding carboxylic acids is 2. The minimum Gasteiger partial charge on any atom is -0.503 e. The number of rotatable bonds is 5. The second kappa shape index (κ2) is 7.56. The van der Waals surface area contributed by atoms with E-state index in [4.69, 9.17) is 11.6 Å². The van der Waals surface area contributed by atoms with Crippen LogP contribution in [0.4, 0.5) is 0 Å². The number of nitrogens with one attached hydrogen (secondary N) is 1. The third kappa shape index (κ3) is 3.71. The highest BCUT2D eigenvalue weighted by Crippen LogP contribution is 2.37. The maximum absolute atomic E-state index is 12.6. The number of aliphatic hydroxyl groups is 1. The van der Waals surface area contributed by atoms with Gasteiger partial charge in [0.25, 0.3) is 5.91 Å². The number of Topliss-reactive ketones (excluding diaryl/α,β-unsaturated/α-hetero) is 1. The molecule has 6 nitrogen and oxygen atoms in total. The van der Waals surface area contributed by atoms with Gasteiger partial charge >= 0.3 is 0 Å². The number of piperazine rings is 1. The van der Waals surface area contributed by atoms with Crippen LogP contribution < -0.4 is 5.32 Å². The van der Waals surface area contributed by atoms with E-state index >= 15 is 0 Å². The molecule has 2 aliphatic rings. The van der Waals surface area contributed by atoms with Crippen LogP contribution in [0.15, 0.2) is 35.6 Å². The Morgan fingerprint density at radius 3 is 2.48 bits per heavy atom. The summed E-state index contributed by atoms with van der Waals surface area (Å²) in [5.74, 6) is -1.22. The third-order valence-electron chi connectivity index (χ3n) is 4.74. The molecule has 0 aromatic heterocycles. The Morgan fingerprint density at radius 1 is 1.24 bits per heavy atom. The zero-order valence-corrected chi connectivity index (χ0v) is 14.9. The van der Waals surface area contributed by atoms with Crippen molar-refractivity contribution in [3.8, 4) is 0 Å². The van der Waals surface area contributed by atoms with E-state index in [-0.39, 0.29) is 11.4 Å². The predicted octanol–water partition coefficient (Wildman–Crippen LogP) is 1.53. The molecule has 0 unspecified atom stereocenters. The van der Waals surface area contributed by atoms with Crippen LogP contribution >= 0.6 is 11.6 Å². The van der Waals surface area contributed by atoms with Crippen molar-refractivity contribution in [2.75, 3.05) is 39.3 Å². The summed E-state index contributed by atoms with van der Waals surface area (Å²) in [6, 6.07) is 6.47. The molecule has 1 atom stereocenters. The quantitative estimate of drug-likeness (QED) is 0.830. The van der Waals surface area contributed by atoms with E-state index in [1.807, 2.05) is 0 Å². The zero-order chi connectivity index (χ0) is 18.0. The Hall–Kier alpha value is -1.89. The van der Waals surface area contributed by atoms with E-state index in [0.29, 0.717) is 18.1 Å². The van der Waals surface area contributed by atoms with Crippen molar-refractivity contribution in [2.45, 2.75) is 13.0 Å². The fraction of sp³-hybridized carbons (Fsp3) is 0.444. The summed E-state index contributed by atoms with van der Waals surface area (Å²) in [6.45, 7) is 6.23. The summed E-state index contributed by atoms with van der Waals surface area (Å²) in [4.78, 5) is 28.5. The lowest BCUT2D eigenvalue weighted by molar-refractivity contribution is -0.129. The molecule has 2 heterocycles. The number of hydrogen-bond donors (Lipinski definition) is 2. The SMILES string of the molecule is CC(=O)C1=C(O)C(=O)N(CCN2CCNCC2)[C@@H]1c1ccc(Cl)cc1. The van der Waals surface area contributed by atoms with Gasteiger partial charge in [0.15, 0.2) is 11.5 Å². The first-order chi connectivity index (χ1) is 12.0. The van der Waals surface area contributed by atoms with Gasteiger partial charge in [-0.05, 0) is 24.6 Å². The third-order valence-corrected chi connectivity index (χ3v) is 4.99. The summed E-state index contributed by atoms with van der Waals surface area (Å²) in [5.41, 5.74) is 0.931. The number of halogens is 1. The Labute approximate surface area is 152 Å². The number of amides is 1.